The van der Waals surface area contributed by atoms with E-state index in [1.807, 2.05) is 30.3 Å². The first-order valence-electron chi connectivity index (χ1n) is 7.35. The van der Waals surface area contributed by atoms with Crippen LogP contribution in [0.15, 0.2) is 54.6 Å². The Labute approximate surface area is 135 Å². The maximum atomic E-state index is 12.1. The van der Waals surface area contributed by atoms with Gasteiger partial charge in [-0.3, -0.25) is 4.79 Å². The molecule has 5 nitrogen and oxygen atoms in total. The number of hydrogen-bond acceptors (Lipinski definition) is 4. The van der Waals surface area contributed by atoms with Crippen LogP contribution in [0.2, 0.25) is 0 Å². The maximum absolute atomic E-state index is 12.1. The lowest BCUT2D eigenvalue weighted by Crippen LogP contribution is -2.27. The monoisotopic (exact) mass is 312 g/mol. The molecule has 1 amide bonds. The molecule has 2 rings (SSSR count). The highest BCUT2D eigenvalue weighted by molar-refractivity contribution is 5.93. The van der Waals surface area contributed by atoms with E-state index in [1.165, 1.54) is 7.11 Å². The first-order chi connectivity index (χ1) is 11.1. The Hall–Kier alpha value is -2.82. The molecule has 0 heterocycles. The predicted molar refractivity (Wildman–Crippen MR) is 90.7 cm³/mol. The zero-order valence-corrected chi connectivity index (χ0v) is 13.3. The van der Waals surface area contributed by atoms with Crippen molar-refractivity contribution in [3.8, 4) is 0 Å². The van der Waals surface area contributed by atoms with E-state index in [0.717, 1.165) is 11.4 Å². The van der Waals surface area contributed by atoms with E-state index < -0.39 is 0 Å². The van der Waals surface area contributed by atoms with Crippen LogP contribution in [0.25, 0.3) is 0 Å². The number of carbonyl (C=O) groups excluding carboxylic acids is 2. The number of methoxy groups -OCH3 is 1. The molecular formula is C18H20N2O3. The van der Waals surface area contributed by atoms with Crippen molar-refractivity contribution in [3.63, 3.8) is 0 Å². The van der Waals surface area contributed by atoms with Gasteiger partial charge in [0, 0.05) is 31.4 Å². The average Bonchev–Trinajstić information content (AvgIpc) is 2.61. The Morgan fingerprint density at radius 1 is 1.04 bits per heavy atom. The molecule has 0 fully saturated rings. The van der Waals surface area contributed by atoms with E-state index in [9.17, 15) is 9.59 Å². The number of nitrogens with zero attached hydrogens (tertiary/aromatic N) is 1. The second-order valence-electron chi connectivity index (χ2n) is 5.03. The minimum atomic E-state index is -0.365. The number of hydrogen-bond donors (Lipinski definition) is 1. The van der Waals surface area contributed by atoms with Crippen LogP contribution in [0.4, 0.5) is 11.4 Å². The molecule has 2 aromatic rings. The molecule has 120 valence electrons. The van der Waals surface area contributed by atoms with Gasteiger partial charge in [-0.25, -0.2) is 4.79 Å². The molecule has 0 aromatic heterocycles. The molecule has 5 heteroatoms. The number of benzene rings is 2. The smallest absolute Gasteiger partial charge is 0.337 e. The van der Waals surface area contributed by atoms with Gasteiger partial charge < -0.3 is 15.0 Å². The number of nitrogens with one attached hydrogen (secondary N) is 1. The average molecular weight is 312 g/mol. The Bertz CT molecular complexity index is 654. The highest BCUT2D eigenvalue weighted by atomic mass is 16.5. The van der Waals surface area contributed by atoms with Gasteiger partial charge in [0.25, 0.3) is 0 Å². The summed E-state index contributed by atoms with van der Waals surface area (Å²) < 4.78 is 4.65. The zero-order chi connectivity index (χ0) is 16.7. The lowest BCUT2D eigenvalue weighted by molar-refractivity contribution is -0.118. The van der Waals surface area contributed by atoms with Crippen molar-refractivity contribution in [2.45, 2.75) is 6.42 Å². The quantitative estimate of drug-likeness (QED) is 0.833. The van der Waals surface area contributed by atoms with E-state index in [1.54, 1.807) is 36.2 Å². The fourth-order valence-electron chi connectivity index (χ4n) is 2.12. The van der Waals surface area contributed by atoms with E-state index in [0.29, 0.717) is 18.5 Å². The third-order valence-corrected chi connectivity index (χ3v) is 3.49. The lowest BCUT2D eigenvalue weighted by Gasteiger charge is -2.17. The Balaban J connectivity index is 1.82. The molecule has 0 aliphatic rings. The van der Waals surface area contributed by atoms with Crippen molar-refractivity contribution in [1.82, 2.24) is 0 Å². The summed E-state index contributed by atoms with van der Waals surface area (Å²) >= 11 is 0. The molecule has 0 spiro atoms. The highest BCUT2D eigenvalue weighted by Gasteiger charge is 2.10. The fourth-order valence-corrected chi connectivity index (χ4v) is 2.12. The van der Waals surface area contributed by atoms with Crippen molar-refractivity contribution in [1.29, 1.82) is 0 Å². The van der Waals surface area contributed by atoms with Crippen LogP contribution >= 0.6 is 0 Å². The van der Waals surface area contributed by atoms with Crippen LogP contribution in [0.3, 0.4) is 0 Å². The maximum Gasteiger partial charge on any atom is 0.337 e. The van der Waals surface area contributed by atoms with Gasteiger partial charge in [-0.2, -0.15) is 0 Å². The van der Waals surface area contributed by atoms with E-state index in [-0.39, 0.29) is 11.9 Å². The van der Waals surface area contributed by atoms with Crippen molar-refractivity contribution >= 4 is 23.3 Å². The first-order valence-corrected chi connectivity index (χ1v) is 7.35. The van der Waals surface area contributed by atoms with Gasteiger partial charge in [-0.15, -0.1) is 0 Å². The van der Waals surface area contributed by atoms with Crippen LogP contribution < -0.4 is 10.2 Å². The molecule has 1 N–H and O–H groups in total. The van der Waals surface area contributed by atoms with Crippen LogP contribution in [0.1, 0.15) is 16.8 Å². The first kappa shape index (κ1) is 16.5. The minimum absolute atomic E-state index is 0.0369. The van der Waals surface area contributed by atoms with Gasteiger partial charge in [0.05, 0.1) is 12.7 Å². The second-order valence-corrected chi connectivity index (χ2v) is 5.03. The molecule has 0 saturated heterocycles. The van der Waals surface area contributed by atoms with Crippen molar-refractivity contribution in [2.75, 3.05) is 30.9 Å². The molecule has 0 radical (unpaired) electrons. The summed E-state index contributed by atoms with van der Waals surface area (Å²) in [7, 11) is 3.12. The third kappa shape index (κ3) is 4.57. The molecule has 0 aliphatic carbocycles. The SMILES string of the molecule is COC(=O)c1ccc(NCCC(=O)N(C)c2ccccc2)cc1. The summed E-state index contributed by atoms with van der Waals surface area (Å²) in [6.45, 7) is 0.521. The summed E-state index contributed by atoms with van der Waals surface area (Å²) in [5.74, 6) is -0.328. The van der Waals surface area contributed by atoms with Crippen molar-refractivity contribution in [3.05, 3.63) is 60.2 Å². The number of esters is 1. The van der Waals surface area contributed by atoms with Gasteiger partial charge in [0.15, 0.2) is 0 Å². The largest absolute Gasteiger partial charge is 0.465 e. The molecular weight excluding hydrogens is 292 g/mol. The Morgan fingerprint density at radius 3 is 2.30 bits per heavy atom. The molecule has 0 atom stereocenters. The highest BCUT2D eigenvalue weighted by Crippen LogP contribution is 2.13. The standard InChI is InChI=1S/C18H20N2O3/c1-20(16-6-4-3-5-7-16)17(21)12-13-19-15-10-8-14(9-11-15)18(22)23-2/h3-11,19H,12-13H2,1-2H3. The summed E-state index contributed by atoms with van der Waals surface area (Å²) in [6, 6.07) is 16.5. The predicted octanol–water partition coefficient (Wildman–Crippen LogP) is 2.94. The second kappa shape index (κ2) is 7.98. The Morgan fingerprint density at radius 2 is 1.70 bits per heavy atom. The van der Waals surface area contributed by atoms with Gasteiger partial charge in [0.2, 0.25) is 5.91 Å². The summed E-state index contributed by atoms with van der Waals surface area (Å²) in [5.41, 5.74) is 2.23. The number of amides is 1. The van der Waals surface area contributed by atoms with Gasteiger partial charge >= 0.3 is 5.97 Å². The summed E-state index contributed by atoms with van der Waals surface area (Å²) in [6.07, 6.45) is 0.379. The van der Waals surface area contributed by atoms with Gasteiger partial charge in [-0.1, -0.05) is 18.2 Å². The number of anilines is 2. The zero-order valence-electron chi connectivity index (χ0n) is 13.3. The molecule has 2 aromatic carbocycles. The van der Waals surface area contributed by atoms with E-state index in [2.05, 4.69) is 10.1 Å². The molecule has 23 heavy (non-hydrogen) atoms. The normalized spacial score (nSPS) is 10.0. The molecule has 0 saturated carbocycles. The topological polar surface area (TPSA) is 58.6 Å². The van der Waals surface area contributed by atoms with Crippen LogP contribution in [0, 0.1) is 0 Å². The van der Waals surface area contributed by atoms with Crippen LogP contribution in [-0.4, -0.2) is 32.6 Å². The molecule has 0 unspecified atom stereocenters. The van der Waals surface area contributed by atoms with Crippen molar-refractivity contribution in [2.24, 2.45) is 0 Å². The van der Waals surface area contributed by atoms with Gasteiger partial charge in [-0.05, 0) is 36.4 Å². The van der Waals surface area contributed by atoms with Crippen molar-refractivity contribution < 1.29 is 14.3 Å². The number of ether oxygens (including phenoxy) is 1. The third-order valence-electron chi connectivity index (χ3n) is 3.49. The lowest BCUT2D eigenvalue weighted by atomic mass is 10.2. The van der Waals surface area contributed by atoms with Gasteiger partial charge in [0.1, 0.15) is 0 Å². The minimum Gasteiger partial charge on any atom is -0.465 e. The van der Waals surface area contributed by atoms with E-state index >= 15 is 0 Å². The summed E-state index contributed by atoms with van der Waals surface area (Å²) in [4.78, 5) is 25.1. The van der Waals surface area contributed by atoms with Crippen LogP contribution in [0.5, 0.6) is 0 Å². The fraction of sp³-hybridized carbons (Fsp3) is 0.222. The molecule has 0 aliphatic heterocycles. The van der Waals surface area contributed by atoms with E-state index in [4.69, 9.17) is 0 Å². The Kier molecular flexibility index (Phi) is 5.74. The number of rotatable bonds is 6. The number of para-hydroxylation sites is 1. The summed E-state index contributed by atoms with van der Waals surface area (Å²) in [5, 5.41) is 3.17. The molecule has 0 bridgehead atoms. The van der Waals surface area contributed by atoms with Crippen LogP contribution in [-0.2, 0) is 9.53 Å². The number of carbonyl (C=O) groups is 2.